The highest BCUT2D eigenvalue weighted by Crippen LogP contribution is 2.18. The fraction of sp³-hybridized carbons (Fsp3) is 0.333. The Labute approximate surface area is 201 Å². The first kappa shape index (κ1) is 23.8. The fourth-order valence-electron chi connectivity index (χ4n) is 3.70. The van der Waals surface area contributed by atoms with Gasteiger partial charge in [0.15, 0.2) is 0 Å². The van der Waals surface area contributed by atoms with Gasteiger partial charge in [-0.2, -0.15) is 4.98 Å². The summed E-state index contributed by atoms with van der Waals surface area (Å²) in [6, 6.07) is 11.5. The molecule has 2 heterocycles. The number of amides is 2. The van der Waals surface area contributed by atoms with Crippen molar-refractivity contribution >= 4 is 23.4 Å². The van der Waals surface area contributed by atoms with E-state index in [2.05, 4.69) is 20.4 Å². The van der Waals surface area contributed by atoms with Crippen molar-refractivity contribution < 1.29 is 18.5 Å². The average Bonchev–Trinajstić information content (AvgIpc) is 3.28. The largest absolute Gasteiger partial charge is 0.351 e. The number of aromatic nitrogens is 2. The van der Waals surface area contributed by atoms with Crippen LogP contribution >= 0.6 is 11.6 Å². The van der Waals surface area contributed by atoms with E-state index in [0.29, 0.717) is 44.4 Å². The van der Waals surface area contributed by atoms with Crippen LogP contribution in [0.15, 0.2) is 47.0 Å². The minimum Gasteiger partial charge on any atom is -0.351 e. The number of benzene rings is 2. The summed E-state index contributed by atoms with van der Waals surface area (Å²) in [7, 11) is 0. The highest BCUT2D eigenvalue weighted by atomic mass is 35.5. The number of carbonyl (C=O) groups is 2. The third-order valence-corrected chi connectivity index (χ3v) is 5.97. The molecule has 1 aromatic heterocycles. The van der Waals surface area contributed by atoms with Crippen LogP contribution in [0.1, 0.15) is 28.2 Å². The van der Waals surface area contributed by atoms with Crippen molar-refractivity contribution in [3.8, 4) is 11.4 Å². The van der Waals surface area contributed by atoms with Crippen LogP contribution in [-0.4, -0.2) is 64.5 Å². The smallest absolute Gasteiger partial charge is 0.252 e. The molecule has 0 radical (unpaired) electrons. The zero-order valence-corrected chi connectivity index (χ0v) is 19.5. The topological polar surface area (TPSA) is 91.6 Å². The van der Waals surface area contributed by atoms with Gasteiger partial charge in [-0.3, -0.25) is 14.5 Å². The minimum absolute atomic E-state index is 0.0344. The molecule has 178 valence electrons. The lowest BCUT2D eigenvalue weighted by molar-refractivity contribution is -0.132. The molecule has 0 unspecified atom stereocenters. The van der Waals surface area contributed by atoms with Crippen LogP contribution in [0.25, 0.3) is 11.4 Å². The number of carbonyl (C=O) groups excluding carboxylic acids is 2. The molecule has 0 bridgehead atoms. The predicted molar refractivity (Wildman–Crippen MR) is 125 cm³/mol. The standard InChI is InChI=1S/C24H25ClFN5O3/c1-16-2-4-17(5-3-16)23-28-21(34-29-23)15-30-10-12-31(13-11-30)22(32)8-9-27-24(33)19-7-6-18(26)14-20(19)25/h2-7,14H,8-13,15H2,1H3,(H,27,33). The molecule has 2 amide bonds. The highest BCUT2D eigenvalue weighted by molar-refractivity contribution is 6.33. The van der Waals surface area contributed by atoms with Gasteiger partial charge in [0.05, 0.1) is 17.1 Å². The maximum atomic E-state index is 13.1. The van der Waals surface area contributed by atoms with Crippen molar-refractivity contribution in [3.05, 3.63) is 70.3 Å². The van der Waals surface area contributed by atoms with Gasteiger partial charge in [0, 0.05) is 44.7 Å². The zero-order chi connectivity index (χ0) is 24.1. The van der Waals surface area contributed by atoms with E-state index >= 15 is 0 Å². The summed E-state index contributed by atoms with van der Waals surface area (Å²) in [5.74, 6) is 0.115. The van der Waals surface area contributed by atoms with Crippen LogP contribution in [0.4, 0.5) is 4.39 Å². The Morgan fingerprint density at radius 3 is 2.56 bits per heavy atom. The van der Waals surface area contributed by atoms with Gasteiger partial charge in [-0.25, -0.2) is 4.39 Å². The molecule has 1 saturated heterocycles. The Hall–Kier alpha value is -3.30. The first-order valence-corrected chi connectivity index (χ1v) is 11.4. The Kier molecular flexibility index (Phi) is 7.54. The third-order valence-electron chi connectivity index (χ3n) is 5.66. The third kappa shape index (κ3) is 5.98. The van der Waals surface area contributed by atoms with Gasteiger partial charge < -0.3 is 14.7 Å². The van der Waals surface area contributed by atoms with E-state index in [1.165, 1.54) is 17.7 Å². The van der Waals surface area contributed by atoms with Gasteiger partial charge in [-0.1, -0.05) is 46.6 Å². The summed E-state index contributed by atoms with van der Waals surface area (Å²) in [4.78, 5) is 33.1. The molecule has 10 heteroatoms. The summed E-state index contributed by atoms with van der Waals surface area (Å²) in [6.45, 7) is 5.25. The molecule has 0 aliphatic carbocycles. The Bertz CT molecular complexity index is 1160. The number of aryl methyl sites for hydroxylation is 1. The van der Waals surface area contributed by atoms with Crippen LogP contribution in [0.3, 0.4) is 0 Å². The highest BCUT2D eigenvalue weighted by Gasteiger charge is 2.23. The van der Waals surface area contributed by atoms with E-state index in [1.54, 1.807) is 4.90 Å². The van der Waals surface area contributed by atoms with Crippen molar-refractivity contribution in [1.82, 2.24) is 25.3 Å². The van der Waals surface area contributed by atoms with E-state index in [9.17, 15) is 14.0 Å². The van der Waals surface area contributed by atoms with Crippen molar-refractivity contribution in [2.75, 3.05) is 32.7 Å². The number of hydrogen-bond acceptors (Lipinski definition) is 6. The van der Waals surface area contributed by atoms with Crippen LogP contribution in [0, 0.1) is 12.7 Å². The molecule has 1 aliphatic rings. The summed E-state index contributed by atoms with van der Waals surface area (Å²) in [5, 5.41) is 6.76. The molecule has 0 spiro atoms. The fourth-order valence-corrected chi connectivity index (χ4v) is 3.95. The molecule has 34 heavy (non-hydrogen) atoms. The van der Waals surface area contributed by atoms with Gasteiger partial charge in [-0.05, 0) is 25.1 Å². The van der Waals surface area contributed by atoms with Crippen LogP contribution in [0.2, 0.25) is 5.02 Å². The number of nitrogens with one attached hydrogen (secondary N) is 1. The maximum absolute atomic E-state index is 13.1. The predicted octanol–water partition coefficient (Wildman–Crippen LogP) is 3.30. The van der Waals surface area contributed by atoms with Crippen molar-refractivity contribution in [2.24, 2.45) is 0 Å². The van der Waals surface area contributed by atoms with Gasteiger partial charge in [0.1, 0.15) is 5.82 Å². The molecular weight excluding hydrogens is 461 g/mol. The van der Waals surface area contributed by atoms with Crippen LogP contribution in [-0.2, 0) is 11.3 Å². The second-order valence-electron chi connectivity index (χ2n) is 8.16. The average molecular weight is 486 g/mol. The monoisotopic (exact) mass is 485 g/mol. The number of piperazine rings is 1. The van der Waals surface area contributed by atoms with Gasteiger partial charge in [0.2, 0.25) is 17.6 Å². The Morgan fingerprint density at radius 1 is 1.12 bits per heavy atom. The first-order chi connectivity index (χ1) is 16.4. The Morgan fingerprint density at radius 2 is 1.85 bits per heavy atom. The first-order valence-electron chi connectivity index (χ1n) is 11.0. The zero-order valence-electron chi connectivity index (χ0n) is 18.8. The van der Waals surface area contributed by atoms with E-state index in [-0.39, 0.29) is 29.5 Å². The summed E-state index contributed by atoms with van der Waals surface area (Å²) < 4.78 is 18.5. The lowest BCUT2D eigenvalue weighted by Gasteiger charge is -2.34. The number of hydrogen-bond donors (Lipinski definition) is 1. The summed E-state index contributed by atoms with van der Waals surface area (Å²) in [5.41, 5.74) is 2.25. The van der Waals surface area contributed by atoms with Gasteiger partial charge in [0.25, 0.3) is 5.91 Å². The minimum atomic E-state index is -0.512. The normalized spacial score (nSPS) is 14.3. The second kappa shape index (κ2) is 10.8. The number of rotatable bonds is 7. The molecule has 8 nitrogen and oxygen atoms in total. The molecule has 2 aromatic carbocycles. The molecule has 1 aliphatic heterocycles. The maximum Gasteiger partial charge on any atom is 0.252 e. The van der Waals surface area contributed by atoms with E-state index in [0.717, 1.165) is 11.6 Å². The number of nitrogens with zero attached hydrogens (tertiary/aromatic N) is 4. The lowest BCUT2D eigenvalue weighted by atomic mass is 10.1. The van der Waals surface area contributed by atoms with Crippen LogP contribution < -0.4 is 5.32 Å². The Balaban J connectivity index is 1.20. The summed E-state index contributed by atoms with van der Waals surface area (Å²) >= 11 is 5.90. The van der Waals surface area contributed by atoms with Gasteiger partial charge >= 0.3 is 0 Å². The molecule has 0 saturated carbocycles. The molecular formula is C24H25ClFN5O3. The van der Waals surface area contributed by atoms with E-state index in [1.807, 2.05) is 31.2 Å². The molecule has 1 N–H and O–H groups in total. The quantitative estimate of drug-likeness (QED) is 0.552. The van der Waals surface area contributed by atoms with E-state index < -0.39 is 11.7 Å². The van der Waals surface area contributed by atoms with E-state index in [4.69, 9.17) is 16.1 Å². The SMILES string of the molecule is Cc1ccc(-c2noc(CN3CCN(C(=O)CCNC(=O)c4ccc(F)cc4Cl)CC3)n2)cc1. The molecule has 1 fully saturated rings. The summed E-state index contributed by atoms with van der Waals surface area (Å²) in [6.07, 6.45) is 0.175. The van der Waals surface area contributed by atoms with Crippen molar-refractivity contribution in [2.45, 2.75) is 19.9 Å². The molecule has 3 aromatic rings. The molecule has 0 atom stereocenters. The molecule has 4 rings (SSSR count). The van der Waals surface area contributed by atoms with Crippen LogP contribution in [0.5, 0.6) is 0 Å². The van der Waals surface area contributed by atoms with Crippen molar-refractivity contribution in [1.29, 1.82) is 0 Å². The number of halogens is 2. The second-order valence-corrected chi connectivity index (χ2v) is 8.57. The van der Waals surface area contributed by atoms with Gasteiger partial charge in [-0.15, -0.1) is 0 Å². The lowest BCUT2D eigenvalue weighted by Crippen LogP contribution is -2.48. The van der Waals surface area contributed by atoms with Crippen molar-refractivity contribution in [3.63, 3.8) is 0 Å².